The highest BCUT2D eigenvalue weighted by atomic mass is 16.1. The number of hydrogen-bond acceptors (Lipinski definition) is 2. The Morgan fingerprint density at radius 2 is 2.05 bits per heavy atom. The van der Waals surface area contributed by atoms with Crippen LogP contribution in [0.3, 0.4) is 0 Å². The molecule has 0 fully saturated rings. The highest BCUT2D eigenvalue weighted by molar-refractivity contribution is 5.95. The van der Waals surface area contributed by atoms with Crippen molar-refractivity contribution in [3.05, 3.63) is 54.4 Å². The number of pyridine rings is 1. The lowest BCUT2D eigenvalue weighted by Gasteiger charge is -2.09. The van der Waals surface area contributed by atoms with Crippen LogP contribution in [0.2, 0.25) is 0 Å². The van der Waals surface area contributed by atoms with E-state index in [0.717, 1.165) is 22.2 Å². The number of aromatic amines is 1. The first-order chi connectivity index (χ1) is 10.1. The highest BCUT2D eigenvalue weighted by Gasteiger charge is 2.09. The zero-order valence-corrected chi connectivity index (χ0v) is 12.1. The van der Waals surface area contributed by atoms with Gasteiger partial charge in [-0.3, -0.25) is 4.79 Å². The van der Waals surface area contributed by atoms with E-state index in [-0.39, 0.29) is 11.9 Å². The van der Waals surface area contributed by atoms with Gasteiger partial charge in [-0.2, -0.15) is 0 Å². The first-order valence-corrected chi connectivity index (χ1v) is 6.98. The van der Waals surface area contributed by atoms with Gasteiger partial charge in [0.25, 0.3) is 5.91 Å². The van der Waals surface area contributed by atoms with Gasteiger partial charge in [0.15, 0.2) is 0 Å². The topological polar surface area (TPSA) is 57.8 Å². The van der Waals surface area contributed by atoms with Crippen LogP contribution in [-0.2, 0) is 0 Å². The van der Waals surface area contributed by atoms with Crippen LogP contribution in [0.25, 0.3) is 22.2 Å². The molecule has 106 valence electrons. The molecule has 4 nitrogen and oxygen atoms in total. The van der Waals surface area contributed by atoms with Crippen LogP contribution in [0.1, 0.15) is 24.2 Å². The van der Waals surface area contributed by atoms with Gasteiger partial charge in [-0.1, -0.05) is 12.1 Å². The molecule has 3 rings (SSSR count). The summed E-state index contributed by atoms with van der Waals surface area (Å²) in [6.07, 6.45) is 3.69. The van der Waals surface area contributed by atoms with Crippen molar-refractivity contribution in [1.29, 1.82) is 0 Å². The Bertz CT molecular complexity index is 789. The lowest BCUT2D eigenvalue weighted by molar-refractivity contribution is 0.0943. The van der Waals surface area contributed by atoms with Gasteiger partial charge < -0.3 is 10.3 Å². The summed E-state index contributed by atoms with van der Waals surface area (Å²) in [5.41, 5.74) is 3.52. The molecule has 1 aromatic carbocycles. The number of hydrogen-bond donors (Lipinski definition) is 2. The van der Waals surface area contributed by atoms with Gasteiger partial charge in [-0.25, -0.2) is 4.98 Å². The molecule has 0 unspecified atom stereocenters. The molecule has 1 amide bonds. The van der Waals surface area contributed by atoms with Crippen molar-refractivity contribution in [2.75, 3.05) is 0 Å². The minimum Gasteiger partial charge on any atom is -0.350 e. The van der Waals surface area contributed by atoms with E-state index in [4.69, 9.17) is 0 Å². The van der Waals surface area contributed by atoms with Crippen LogP contribution >= 0.6 is 0 Å². The van der Waals surface area contributed by atoms with Crippen LogP contribution in [-0.4, -0.2) is 21.9 Å². The third-order valence-corrected chi connectivity index (χ3v) is 3.28. The maximum absolute atomic E-state index is 12.1. The molecule has 2 heterocycles. The number of nitrogens with zero attached hydrogens (tertiary/aromatic N) is 1. The van der Waals surface area contributed by atoms with Crippen LogP contribution in [0.5, 0.6) is 0 Å². The number of rotatable bonds is 3. The van der Waals surface area contributed by atoms with Crippen molar-refractivity contribution < 1.29 is 4.79 Å². The summed E-state index contributed by atoms with van der Waals surface area (Å²) < 4.78 is 0. The van der Waals surface area contributed by atoms with Gasteiger partial charge in [-0.15, -0.1) is 0 Å². The molecule has 4 heteroatoms. The molecule has 0 saturated carbocycles. The Morgan fingerprint density at radius 1 is 1.19 bits per heavy atom. The molecule has 3 aromatic rings. The molecule has 0 aliphatic rings. The van der Waals surface area contributed by atoms with E-state index in [1.54, 1.807) is 0 Å². The van der Waals surface area contributed by atoms with Crippen LogP contribution < -0.4 is 5.32 Å². The number of fused-ring (bicyclic) bond motifs is 1. The minimum absolute atomic E-state index is 0.0532. The van der Waals surface area contributed by atoms with Crippen LogP contribution in [0.15, 0.2) is 48.8 Å². The second-order valence-electron chi connectivity index (χ2n) is 5.35. The largest absolute Gasteiger partial charge is 0.350 e. The normalized spacial score (nSPS) is 11.0. The fourth-order valence-corrected chi connectivity index (χ4v) is 2.28. The average Bonchev–Trinajstić information content (AvgIpc) is 2.94. The molecule has 0 aliphatic heterocycles. The number of H-pyrrole nitrogens is 1. The lowest BCUT2D eigenvalue weighted by atomic mass is 10.0. The van der Waals surface area contributed by atoms with Gasteiger partial charge in [0.1, 0.15) is 5.65 Å². The first-order valence-electron chi connectivity index (χ1n) is 6.98. The summed E-state index contributed by atoms with van der Waals surface area (Å²) in [7, 11) is 0. The monoisotopic (exact) mass is 279 g/mol. The van der Waals surface area contributed by atoms with E-state index in [2.05, 4.69) is 21.4 Å². The molecular weight excluding hydrogens is 262 g/mol. The molecule has 0 aliphatic carbocycles. The van der Waals surface area contributed by atoms with E-state index in [9.17, 15) is 4.79 Å². The van der Waals surface area contributed by atoms with Crippen molar-refractivity contribution in [3.63, 3.8) is 0 Å². The Kier molecular flexibility index (Phi) is 3.44. The maximum atomic E-state index is 12.1. The lowest BCUT2D eigenvalue weighted by Crippen LogP contribution is -2.30. The van der Waals surface area contributed by atoms with Gasteiger partial charge in [-0.05, 0) is 43.7 Å². The Labute approximate surface area is 123 Å². The molecular formula is C17H17N3O. The SMILES string of the molecule is CC(C)NC(=O)c1cccc(-c2cnc3[nH]ccc3c2)c1. The highest BCUT2D eigenvalue weighted by Crippen LogP contribution is 2.23. The zero-order chi connectivity index (χ0) is 14.8. The second-order valence-corrected chi connectivity index (χ2v) is 5.35. The third kappa shape index (κ3) is 2.79. The summed E-state index contributed by atoms with van der Waals surface area (Å²) in [6.45, 7) is 3.90. The third-order valence-electron chi connectivity index (χ3n) is 3.28. The van der Waals surface area contributed by atoms with Gasteiger partial charge in [0.05, 0.1) is 0 Å². The van der Waals surface area contributed by atoms with E-state index in [0.29, 0.717) is 5.56 Å². The van der Waals surface area contributed by atoms with Crippen molar-refractivity contribution in [2.24, 2.45) is 0 Å². The fourth-order valence-electron chi connectivity index (χ4n) is 2.28. The number of nitrogens with one attached hydrogen (secondary N) is 2. The Morgan fingerprint density at radius 3 is 2.86 bits per heavy atom. The molecule has 2 N–H and O–H groups in total. The first kappa shape index (κ1) is 13.4. The summed E-state index contributed by atoms with van der Waals surface area (Å²) in [4.78, 5) is 19.5. The zero-order valence-electron chi connectivity index (χ0n) is 12.1. The van der Waals surface area contributed by atoms with E-state index in [1.165, 1.54) is 0 Å². The molecule has 21 heavy (non-hydrogen) atoms. The number of benzene rings is 1. The van der Waals surface area contributed by atoms with Crippen LogP contribution in [0, 0.1) is 0 Å². The molecule has 2 aromatic heterocycles. The van der Waals surface area contributed by atoms with E-state index < -0.39 is 0 Å². The molecule has 0 radical (unpaired) electrons. The van der Waals surface area contributed by atoms with Gasteiger partial charge in [0.2, 0.25) is 0 Å². The van der Waals surface area contributed by atoms with Gasteiger partial charge >= 0.3 is 0 Å². The van der Waals surface area contributed by atoms with Crippen molar-refractivity contribution in [3.8, 4) is 11.1 Å². The molecule has 0 bridgehead atoms. The number of carbonyl (C=O) groups excluding carboxylic acids is 1. The van der Waals surface area contributed by atoms with Crippen molar-refractivity contribution in [1.82, 2.24) is 15.3 Å². The molecule has 0 atom stereocenters. The Hall–Kier alpha value is -2.62. The van der Waals surface area contributed by atoms with E-state index >= 15 is 0 Å². The van der Waals surface area contributed by atoms with Crippen LogP contribution in [0.4, 0.5) is 0 Å². The smallest absolute Gasteiger partial charge is 0.251 e. The standard InChI is InChI=1S/C17H17N3O/c1-11(2)20-17(21)14-5-3-4-12(8-14)15-9-13-6-7-18-16(13)19-10-15/h3-11H,1-2H3,(H,18,19)(H,20,21). The quantitative estimate of drug-likeness (QED) is 0.772. The minimum atomic E-state index is -0.0532. The number of amides is 1. The average molecular weight is 279 g/mol. The summed E-state index contributed by atoms with van der Waals surface area (Å²) in [6, 6.07) is 11.8. The summed E-state index contributed by atoms with van der Waals surface area (Å²) >= 11 is 0. The molecule has 0 spiro atoms. The second kappa shape index (κ2) is 5.40. The van der Waals surface area contributed by atoms with Crippen molar-refractivity contribution in [2.45, 2.75) is 19.9 Å². The van der Waals surface area contributed by atoms with E-state index in [1.807, 2.05) is 56.6 Å². The molecule has 0 saturated heterocycles. The van der Waals surface area contributed by atoms with Crippen molar-refractivity contribution >= 4 is 16.9 Å². The van der Waals surface area contributed by atoms with Gasteiger partial charge in [0, 0.05) is 34.9 Å². The number of carbonyl (C=O) groups is 1. The fraction of sp³-hybridized carbons (Fsp3) is 0.176. The number of aromatic nitrogens is 2. The summed E-state index contributed by atoms with van der Waals surface area (Å²) in [5, 5.41) is 3.96. The summed E-state index contributed by atoms with van der Waals surface area (Å²) in [5.74, 6) is -0.0532. The Balaban J connectivity index is 1.96. The maximum Gasteiger partial charge on any atom is 0.251 e. The predicted molar refractivity (Wildman–Crippen MR) is 84.1 cm³/mol. The predicted octanol–water partition coefficient (Wildman–Crippen LogP) is 3.37.